The van der Waals surface area contributed by atoms with Gasteiger partial charge in [-0.05, 0) is 67.9 Å². The van der Waals surface area contributed by atoms with Gasteiger partial charge in [0.2, 0.25) is 0 Å². The number of rotatable bonds is 7. The molecule has 2 aromatic carbocycles. The monoisotopic (exact) mass is 676 g/mol. The number of thiazole rings is 1. The summed E-state index contributed by atoms with van der Waals surface area (Å²) < 4.78 is 20.0. The van der Waals surface area contributed by atoms with Gasteiger partial charge in [0, 0.05) is 22.5 Å². The summed E-state index contributed by atoms with van der Waals surface area (Å²) in [7, 11) is 0. The van der Waals surface area contributed by atoms with Crippen LogP contribution in [0.5, 0.6) is 11.5 Å². The Hall–Kier alpha value is -3.02. The number of benzene rings is 2. The summed E-state index contributed by atoms with van der Waals surface area (Å²) >= 11 is 8.06. The number of allylic oxidation sites excluding steroid dienone is 1. The van der Waals surface area contributed by atoms with Crippen molar-refractivity contribution in [3.8, 4) is 11.5 Å². The number of hydrogen-bond donors (Lipinski definition) is 0. The van der Waals surface area contributed by atoms with Gasteiger partial charge in [0.25, 0.3) is 5.56 Å². The molecule has 3 aromatic rings. The van der Waals surface area contributed by atoms with E-state index in [1.54, 1.807) is 32.1 Å². The quantitative estimate of drug-likeness (QED) is 0.257. The fraction of sp³-hybridized carbons (Fsp3) is 0.286. The number of para-hydroxylation sites is 1. The van der Waals surface area contributed by atoms with Crippen molar-refractivity contribution in [2.24, 2.45) is 4.99 Å². The van der Waals surface area contributed by atoms with Crippen LogP contribution in [0.3, 0.4) is 0 Å². The zero-order chi connectivity index (χ0) is 28.4. The molecule has 1 atom stereocenters. The van der Waals surface area contributed by atoms with Gasteiger partial charge in [-0.3, -0.25) is 14.2 Å². The minimum Gasteiger partial charge on any atom is -0.491 e. The smallest absolute Gasteiger partial charge is 0.338 e. The molecule has 204 valence electrons. The Bertz CT molecular complexity index is 1670. The number of esters is 2. The summed E-state index contributed by atoms with van der Waals surface area (Å²) in [4.78, 5) is 44.0. The first-order valence-electron chi connectivity index (χ1n) is 12.1. The molecule has 0 amide bonds. The predicted molar refractivity (Wildman–Crippen MR) is 156 cm³/mol. The average molecular weight is 678 g/mol. The Labute approximate surface area is 245 Å². The van der Waals surface area contributed by atoms with E-state index >= 15 is 0 Å². The van der Waals surface area contributed by atoms with Crippen molar-refractivity contribution in [2.75, 3.05) is 6.61 Å². The topological polar surface area (TPSA) is 96.2 Å². The fourth-order valence-corrected chi connectivity index (χ4v) is 6.61. The highest BCUT2D eigenvalue weighted by atomic mass is 79.9. The van der Waals surface area contributed by atoms with Crippen LogP contribution in [-0.2, 0) is 14.3 Å². The maximum Gasteiger partial charge on any atom is 0.338 e. The van der Waals surface area contributed by atoms with Crippen LogP contribution in [0.2, 0.25) is 0 Å². The second-order valence-corrected chi connectivity index (χ2v) is 11.7. The van der Waals surface area contributed by atoms with Crippen molar-refractivity contribution >= 4 is 61.2 Å². The summed E-state index contributed by atoms with van der Waals surface area (Å²) in [5.41, 5.74) is 1.51. The summed E-state index contributed by atoms with van der Waals surface area (Å²) in [6.07, 6.45) is 1.52. The highest BCUT2D eigenvalue weighted by Crippen LogP contribution is 2.37. The van der Waals surface area contributed by atoms with Crippen molar-refractivity contribution in [3.05, 3.63) is 87.4 Å². The van der Waals surface area contributed by atoms with Crippen LogP contribution in [0, 0.1) is 0 Å². The van der Waals surface area contributed by atoms with E-state index in [9.17, 15) is 14.4 Å². The number of aromatic nitrogens is 1. The lowest BCUT2D eigenvalue weighted by Gasteiger charge is -2.26. The fourth-order valence-electron chi connectivity index (χ4n) is 4.23. The number of carbonyl (C=O) groups is 2. The normalized spacial score (nSPS) is 15.2. The summed E-state index contributed by atoms with van der Waals surface area (Å²) in [6.45, 7) is 8.76. The van der Waals surface area contributed by atoms with Gasteiger partial charge in [-0.2, -0.15) is 0 Å². The van der Waals surface area contributed by atoms with Crippen LogP contribution in [0.25, 0.3) is 6.08 Å². The zero-order valence-electron chi connectivity index (χ0n) is 21.9. The molecule has 2 heterocycles. The van der Waals surface area contributed by atoms with Crippen LogP contribution in [0.15, 0.2) is 66.4 Å². The van der Waals surface area contributed by atoms with Gasteiger partial charge in [0.15, 0.2) is 10.6 Å². The van der Waals surface area contributed by atoms with Crippen molar-refractivity contribution in [1.29, 1.82) is 0 Å². The van der Waals surface area contributed by atoms with E-state index in [4.69, 9.17) is 14.2 Å². The van der Waals surface area contributed by atoms with Crippen LogP contribution in [-0.4, -0.2) is 29.2 Å². The second kappa shape index (κ2) is 12.0. The third-order valence-corrected chi connectivity index (χ3v) is 7.69. The van der Waals surface area contributed by atoms with E-state index in [-0.39, 0.29) is 29.6 Å². The van der Waals surface area contributed by atoms with Gasteiger partial charge >= 0.3 is 11.9 Å². The maximum absolute atomic E-state index is 14.0. The predicted octanol–water partition coefficient (Wildman–Crippen LogP) is 5.04. The number of nitrogens with zero attached hydrogens (tertiary/aromatic N) is 2. The van der Waals surface area contributed by atoms with Gasteiger partial charge in [0.1, 0.15) is 11.8 Å². The third-order valence-electron chi connectivity index (χ3n) is 5.66. The van der Waals surface area contributed by atoms with E-state index in [2.05, 4.69) is 36.9 Å². The van der Waals surface area contributed by atoms with Crippen LogP contribution in [0.1, 0.15) is 51.8 Å². The first-order valence-corrected chi connectivity index (χ1v) is 14.5. The minimum atomic E-state index is -0.820. The molecule has 4 rings (SSSR count). The van der Waals surface area contributed by atoms with Gasteiger partial charge in [0.05, 0.1) is 33.0 Å². The molecule has 0 N–H and O–H groups in total. The lowest BCUT2D eigenvalue weighted by Crippen LogP contribution is -2.40. The largest absolute Gasteiger partial charge is 0.491 e. The molecule has 8 nitrogen and oxygen atoms in total. The Morgan fingerprint density at radius 3 is 2.59 bits per heavy atom. The standard InChI is InChI=1S/C28H26Br2N2O6S/c1-6-36-27(35)23-15(4)31-28-32(24(23)19-9-7-8-10-21(19)37-14(2)3)26(34)22(39-28)12-17-11-18(29)13-20(30)25(17)38-16(5)33/h7-14,24H,6H2,1-5H3/b22-12-/t24-/m1/s1. The molecule has 0 radical (unpaired) electrons. The number of halogens is 2. The van der Waals surface area contributed by atoms with Gasteiger partial charge in [-0.1, -0.05) is 45.5 Å². The van der Waals surface area contributed by atoms with Crippen molar-refractivity contribution in [2.45, 2.75) is 46.8 Å². The molecule has 39 heavy (non-hydrogen) atoms. The van der Waals surface area contributed by atoms with E-state index < -0.39 is 18.0 Å². The highest BCUT2D eigenvalue weighted by Gasteiger charge is 2.35. The molecule has 11 heteroatoms. The molecule has 0 spiro atoms. The summed E-state index contributed by atoms with van der Waals surface area (Å²) in [5, 5.41) is 0. The number of carbonyl (C=O) groups excluding carboxylic acids is 2. The van der Waals surface area contributed by atoms with E-state index in [0.29, 0.717) is 36.4 Å². The number of fused-ring (bicyclic) bond motifs is 1. The first kappa shape index (κ1) is 29.0. The van der Waals surface area contributed by atoms with Crippen molar-refractivity contribution < 1.29 is 23.8 Å². The Morgan fingerprint density at radius 1 is 1.21 bits per heavy atom. The summed E-state index contributed by atoms with van der Waals surface area (Å²) in [6, 6.07) is 10.0. The Kier molecular flexibility index (Phi) is 8.93. The molecular weight excluding hydrogens is 652 g/mol. The molecule has 1 aliphatic rings. The average Bonchev–Trinajstić information content (AvgIpc) is 3.14. The third kappa shape index (κ3) is 6.10. The molecule has 1 aliphatic heterocycles. The molecule has 1 aromatic heterocycles. The van der Waals surface area contributed by atoms with Gasteiger partial charge in [-0.15, -0.1) is 0 Å². The lowest BCUT2D eigenvalue weighted by molar-refractivity contribution is -0.139. The Morgan fingerprint density at radius 2 is 1.92 bits per heavy atom. The van der Waals surface area contributed by atoms with Crippen LogP contribution in [0.4, 0.5) is 0 Å². The van der Waals surface area contributed by atoms with Gasteiger partial charge in [-0.25, -0.2) is 9.79 Å². The van der Waals surface area contributed by atoms with Crippen molar-refractivity contribution in [3.63, 3.8) is 0 Å². The highest BCUT2D eigenvalue weighted by molar-refractivity contribution is 9.11. The maximum atomic E-state index is 14.0. The molecule has 0 unspecified atom stereocenters. The Balaban J connectivity index is 2.01. The van der Waals surface area contributed by atoms with E-state index in [0.717, 1.165) is 4.47 Å². The lowest BCUT2D eigenvalue weighted by atomic mass is 9.95. The van der Waals surface area contributed by atoms with E-state index in [1.807, 2.05) is 38.1 Å². The molecule has 0 saturated carbocycles. The minimum absolute atomic E-state index is 0.132. The first-order chi connectivity index (χ1) is 18.5. The molecule has 0 fully saturated rings. The molecular formula is C28H26Br2N2O6S. The van der Waals surface area contributed by atoms with Gasteiger partial charge < -0.3 is 14.2 Å². The van der Waals surface area contributed by atoms with Crippen LogP contribution < -0.4 is 24.4 Å². The number of hydrogen-bond acceptors (Lipinski definition) is 8. The molecule has 0 aliphatic carbocycles. The second-order valence-electron chi connectivity index (χ2n) is 8.91. The zero-order valence-corrected chi connectivity index (χ0v) is 25.9. The number of ether oxygens (including phenoxy) is 3. The van der Waals surface area contributed by atoms with E-state index in [1.165, 1.54) is 22.8 Å². The van der Waals surface area contributed by atoms with Crippen molar-refractivity contribution in [1.82, 2.24) is 4.57 Å². The summed E-state index contributed by atoms with van der Waals surface area (Å²) in [5.74, 6) is -0.208. The molecule has 0 bridgehead atoms. The SMILES string of the molecule is CCOC(=O)C1=C(C)N=c2s/c(=C\c3cc(Br)cc(Br)c3OC(C)=O)c(=O)n2[C@@H]1c1ccccc1OC(C)C. The van der Waals surface area contributed by atoms with Crippen LogP contribution >= 0.6 is 43.2 Å². The molecule has 0 saturated heterocycles.